The van der Waals surface area contributed by atoms with Crippen molar-refractivity contribution >= 4 is 11.6 Å². The molecule has 6 heteroatoms. The van der Waals surface area contributed by atoms with Gasteiger partial charge in [0.1, 0.15) is 22.7 Å². The van der Waals surface area contributed by atoms with Gasteiger partial charge in [-0.2, -0.15) is 0 Å². The molecule has 0 amide bonds. The quantitative estimate of drug-likeness (QED) is 0.228. The molecule has 0 aliphatic heterocycles. The first-order valence-corrected chi connectivity index (χ1v) is 16.8. The highest BCUT2D eigenvalue weighted by atomic mass is 16.5. The van der Waals surface area contributed by atoms with E-state index in [1.54, 1.807) is 0 Å². The van der Waals surface area contributed by atoms with Gasteiger partial charge in [0, 0.05) is 21.9 Å². The number of hydrogen-bond donors (Lipinski definition) is 2. The Balaban J connectivity index is 2.32. The molecule has 0 aliphatic carbocycles. The summed E-state index contributed by atoms with van der Waals surface area (Å²) in [7, 11) is 0. The van der Waals surface area contributed by atoms with Gasteiger partial charge in [-0.25, -0.2) is 0 Å². The van der Waals surface area contributed by atoms with Gasteiger partial charge in [-0.05, 0) is 131 Å². The Labute approximate surface area is 280 Å². The lowest BCUT2D eigenvalue weighted by Crippen LogP contribution is -2.47. The number of benzene rings is 2. The van der Waals surface area contributed by atoms with E-state index in [2.05, 4.69) is 52.2 Å². The minimum Gasteiger partial charge on any atom is -0.488 e. The van der Waals surface area contributed by atoms with Crippen molar-refractivity contribution in [3.63, 3.8) is 0 Å². The largest absolute Gasteiger partial charge is 0.488 e. The standard InChI is InChI=1S/C40H64N2O4/c1-35(2,3)41-31(27-17-21-29(22-18-27)45-37(7,8)9)33(43)39(13,14)25-26-40(15,16)34(44)32(42-36(4,5)6)28-19-23-30(24-20-28)46-38(10,11)12/h17-24,31-32,41-42H,25-26H2,1-16H3. The average Bonchev–Trinajstić information content (AvgIpc) is 2.87. The van der Waals surface area contributed by atoms with E-state index in [1.165, 1.54) is 0 Å². The molecule has 2 rings (SSSR count). The topological polar surface area (TPSA) is 76.7 Å². The fourth-order valence-corrected chi connectivity index (χ4v) is 5.28. The van der Waals surface area contributed by atoms with Gasteiger partial charge >= 0.3 is 0 Å². The second kappa shape index (κ2) is 14.2. The Morgan fingerprint density at radius 2 is 0.761 bits per heavy atom. The van der Waals surface area contributed by atoms with E-state index in [1.807, 2.05) is 118 Å². The van der Waals surface area contributed by atoms with Crippen LogP contribution in [0.2, 0.25) is 0 Å². The summed E-state index contributed by atoms with van der Waals surface area (Å²) in [5.74, 6) is 1.75. The van der Waals surface area contributed by atoms with Crippen molar-refractivity contribution in [1.29, 1.82) is 0 Å². The lowest BCUT2D eigenvalue weighted by atomic mass is 9.71. The summed E-state index contributed by atoms with van der Waals surface area (Å²) in [5, 5.41) is 7.14. The Kier molecular flexibility index (Phi) is 12.2. The molecule has 0 aromatic heterocycles. The Bertz CT molecular complexity index is 1190. The second-order valence-electron chi connectivity index (χ2n) is 18.2. The average molecular weight is 637 g/mol. The molecular weight excluding hydrogens is 572 g/mol. The van der Waals surface area contributed by atoms with Crippen molar-refractivity contribution in [3.8, 4) is 11.5 Å². The lowest BCUT2D eigenvalue weighted by Gasteiger charge is -2.37. The third kappa shape index (κ3) is 12.8. The van der Waals surface area contributed by atoms with Crippen molar-refractivity contribution in [2.45, 2.75) is 158 Å². The molecule has 0 saturated carbocycles. The van der Waals surface area contributed by atoms with E-state index in [-0.39, 0.29) is 33.8 Å². The van der Waals surface area contributed by atoms with E-state index in [9.17, 15) is 9.59 Å². The molecule has 2 N–H and O–H groups in total. The van der Waals surface area contributed by atoms with Gasteiger partial charge in [0.25, 0.3) is 0 Å². The first-order chi connectivity index (χ1) is 20.6. The molecule has 258 valence electrons. The summed E-state index contributed by atoms with van der Waals surface area (Å²) >= 11 is 0. The van der Waals surface area contributed by atoms with E-state index < -0.39 is 22.9 Å². The monoisotopic (exact) mass is 636 g/mol. The zero-order chi connectivity index (χ0) is 35.5. The highest BCUT2D eigenvalue weighted by Crippen LogP contribution is 2.39. The van der Waals surface area contributed by atoms with Crippen LogP contribution in [-0.2, 0) is 9.59 Å². The van der Waals surface area contributed by atoms with Gasteiger partial charge in [0.05, 0.1) is 12.1 Å². The van der Waals surface area contributed by atoms with Crippen LogP contribution >= 0.6 is 0 Å². The van der Waals surface area contributed by atoms with Crippen LogP contribution in [0.15, 0.2) is 48.5 Å². The number of ketones is 2. The summed E-state index contributed by atoms with van der Waals surface area (Å²) in [6.07, 6.45) is 1.14. The molecule has 2 aromatic rings. The molecule has 0 fully saturated rings. The fourth-order valence-electron chi connectivity index (χ4n) is 5.28. The van der Waals surface area contributed by atoms with E-state index in [0.29, 0.717) is 12.8 Å². The molecule has 0 bridgehead atoms. The van der Waals surface area contributed by atoms with Crippen LogP contribution in [-0.4, -0.2) is 33.8 Å². The van der Waals surface area contributed by atoms with Crippen LogP contribution in [0, 0.1) is 10.8 Å². The fraction of sp³-hybridized carbons (Fsp3) is 0.650. The first kappa shape index (κ1) is 39.5. The molecule has 0 radical (unpaired) electrons. The Morgan fingerprint density at radius 3 is 0.978 bits per heavy atom. The van der Waals surface area contributed by atoms with Crippen LogP contribution < -0.4 is 20.1 Å². The smallest absolute Gasteiger partial charge is 0.159 e. The zero-order valence-corrected chi connectivity index (χ0v) is 31.8. The predicted octanol–water partition coefficient (Wildman–Crippen LogP) is 9.57. The number of carbonyl (C=O) groups excluding carboxylic acids is 2. The van der Waals surface area contributed by atoms with Gasteiger partial charge in [-0.15, -0.1) is 0 Å². The number of carbonyl (C=O) groups is 2. The molecule has 0 heterocycles. The molecule has 6 nitrogen and oxygen atoms in total. The summed E-state index contributed by atoms with van der Waals surface area (Å²) in [6.45, 7) is 32.6. The van der Waals surface area contributed by atoms with Gasteiger partial charge in [0.15, 0.2) is 11.6 Å². The van der Waals surface area contributed by atoms with Crippen LogP contribution in [0.1, 0.15) is 147 Å². The number of nitrogens with one attached hydrogen (secondary N) is 2. The van der Waals surface area contributed by atoms with Crippen molar-refractivity contribution < 1.29 is 19.1 Å². The maximum atomic E-state index is 14.3. The van der Waals surface area contributed by atoms with Crippen LogP contribution in [0.4, 0.5) is 0 Å². The van der Waals surface area contributed by atoms with Crippen molar-refractivity contribution in [2.75, 3.05) is 0 Å². The molecule has 2 atom stereocenters. The number of hydrogen-bond acceptors (Lipinski definition) is 6. The maximum Gasteiger partial charge on any atom is 0.159 e. The Hall–Kier alpha value is -2.70. The van der Waals surface area contributed by atoms with E-state index in [4.69, 9.17) is 9.47 Å². The van der Waals surface area contributed by atoms with E-state index in [0.717, 1.165) is 22.6 Å². The first-order valence-electron chi connectivity index (χ1n) is 16.8. The minimum absolute atomic E-state index is 0.106. The van der Waals surface area contributed by atoms with Crippen molar-refractivity contribution in [3.05, 3.63) is 59.7 Å². The molecular formula is C40H64N2O4. The number of Topliss-reactive ketones (excluding diaryl/α,β-unsaturated/α-hetero) is 2. The van der Waals surface area contributed by atoms with Gasteiger partial charge in [-0.3, -0.25) is 20.2 Å². The third-order valence-electron chi connectivity index (χ3n) is 7.66. The SMILES string of the molecule is CC(C)(C)NC(C(=O)C(C)(C)CCC(C)(C)C(=O)C(NC(C)(C)C)c1ccc(OC(C)(C)C)cc1)c1ccc(OC(C)(C)C)cc1. The molecule has 2 aromatic carbocycles. The van der Waals surface area contributed by atoms with E-state index >= 15 is 0 Å². The summed E-state index contributed by atoms with van der Waals surface area (Å²) in [4.78, 5) is 28.6. The summed E-state index contributed by atoms with van der Waals surface area (Å²) in [6, 6.07) is 14.7. The Morgan fingerprint density at radius 1 is 0.500 bits per heavy atom. The normalized spacial score (nSPS) is 14.9. The second-order valence-corrected chi connectivity index (χ2v) is 18.2. The van der Waals surface area contributed by atoms with Crippen LogP contribution in [0.3, 0.4) is 0 Å². The minimum atomic E-state index is -0.681. The highest BCUT2D eigenvalue weighted by Gasteiger charge is 2.41. The molecule has 46 heavy (non-hydrogen) atoms. The molecule has 0 spiro atoms. The lowest BCUT2D eigenvalue weighted by molar-refractivity contribution is -0.134. The molecule has 0 saturated heterocycles. The number of rotatable bonds is 13. The maximum absolute atomic E-state index is 14.3. The van der Waals surface area contributed by atoms with Crippen LogP contribution in [0.25, 0.3) is 0 Å². The van der Waals surface area contributed by atoms with Crippen molar-refractivity contribution in [1.82, 2.24) is 10.6 Å². The zero-order valence-electron chi connectivity index (χ0n) is 31.8. The van der Waals surface area contributed by atoms with Crippen LogP contribution in [0.5, 0.6) is 11.5 Å². The molecule has 0 aliphatic rings. The molecule has 2 unspecified atom stereocenters. The third-order valence-corrected chi connectivity index (χ3v) is 7.66. The van der Waals surface area contributed by atoms with Gasteiger partial charge in [0.2, 0.25) is 0 Å². The summed E-state index contributed by atoms with van der Waals surface area (Å²) < 4.78 is 12.0. The van der Waals surface area contributed by atoms with Gasteiger partial charge < -0.3 is 9.47 Å². The van der Waals surface area contributed by atoms with Gasteiger partial charge in [-0.1, -0.05) is 52.0 Å². The number of ether oxygens (including phenoxy) is 2. The highest BCUT2D eigenvalue weighted by molar-refractivity contribution is 5.91. The summed E-state index contributed by atoms with van der Waals surface area (Å²) in [5.41, 5.74) is -0.747. The predicted molar refractivity (Wildman–Crippen MR) is 192 cm³/mol. The van der Waals surface area contributed by atoms with Crippen molar-refractivity contribution in [2.24, 2.45) is 10.8 Å².